The number of aromatic nitrogens is 5. The number of furan rings is 1. The predicted octanol–water partition coefficient (Wildman–Crippen LogP) is 18.7. The van der Waals surface area contributed by atoms with Crippen LogP contribution in [0.15, 0.2) is 253 Å². The average Bonchev–Trinajstić information content (AvgIpc) is 4.30. The number of nitrogens with zero attached hydrogens (tertiary/aromatic N) is 5. The van der Waals surface area contributed by atoms with Crippen LogP contribution in [0.4, 0.5) is 0 Å². The summed E-state index contributed by atoms with van der Waals surface area (Å²) in [5.74, 6) is 1.72. The highest BCUT2D eigenvalue weighted by Crippen LogP contribution is 2.42. The summed E-state index contributed by atoms with van der Waals surface area (Å²) in [4.78, 5) is 16.1. The number of hydrogen-bond donors (Lipinski definition) is 0. The van der Waals surface area contributed by atoms with Crippen molar-refractivity contribution in [1.82, 2.24) is 24.1 Å². The summed E-state index contributed by atoms with van der Waals surface area (Å²) in [6.45, 7) is 0. The number of benzene rings is 11. The Hall–Kier alpha value is -9.95. The summed E-state index contributed by atoms with van der Waals surface area (Å²) in [5, 5.41) is 9.18. The highest BCUT2D eigenvalue weighted by atomic mass is 32.1. The molecule has 0 saturated carbocycles. The van der Waals surface area contributed by atoms with Gasteiger partial charge in [0.1, 0.15) is 11.2 Å². The number of rotatable bonds is 7. The number of hydrogen-bond acceptors (Lipinski definition) is 5. The Balaban J connectivity index is 0.814. The van der Waals surface area contributed by atoms with E-state index in [0.717, 1.165) is 82.8 Å². The van der Waals surface area contributed by atoms with E-state index in [0.29, 0.717) is 17.6 Å². The third-order valence-corrected chi connectivity index (χ3v) is 16.3. The van der Waals surface area contributed by atoms with Gasteiger partial charge in [0.25, 0.3) is 0 Å². The van der Waals surface area contributed by atoms with Crippen LogP contribution in [0, 0.1) is 0 Å². The van der Waals surface area contributed by atoms with Gasteiger partial charge >= 0.3 is 0 Å². The lowest BCUT2D eigenvalue weighted by molar-refractivity contribution is 0.669. The second-order valence-corrected chi connectivity index (χ2v) is 20.6. The van der Waals surface area contributed by atoms with Gasteiger partial charge in [-0.1, -0.05) is 164 Å². The SMILES string of the molecule is c1ccc(-n2c3ccccc3c3cc(-c4cccc(-c5cccc(-c6ccc7oc8cccc(-c9nc(-c%10ccc%11c(c%10)sc%10ccccc%10%11)nc(-n%10c%11ccccc%11c%11ccccc%11%10)n9)c8c7c6)c5)c4)ccc32)cc1. The second-order valence-electron chi connectivity index (χ2n) is 19.5. The summed E-state index contributed by atoms with van der Waals surface area (Å²) in [6.07, 6.45) is 0. The molecule has 5 aromatic heterocycles. The molecule has 5 heterocycles. The molecule has 0 fully saturated rings. The van der Waals surface area contributed by atoms with E-state index in [4.69, 9.17) is 19.4 Å². The zero-order chi connectivity index (χ0) is 49.8. The lowest BCUT2D eigenvalue weighted by atomic mass is 9.95. The van der Waals surface area contributed by atoms with Crippen LogP contribution in [0.25, 0.3) is 154 Å². The zero-order valence-electron chi connectivity index (χ0n) is 40.7. The molecular formula is C69H41N5OS. The lowest BCUT2D eigenvalue weighted by Gasteiger charge is -2.12. The molecular weight excluding hydrogens is 947 g/mol. The summed E-state index contributed by atoms with van der Waals surface area (Å²) in [7, 11) is 0. The van der Waals surface area contributed by atoms with E-state index in [-0.39, 0.29) is 0 Å². The van der Waals surface area contributed by atoms with Crippen molar-refractivity contribution >= 4 is 97.1 Å². The summed E-state index contributed by atoms with van der Waals surface area (Å²) in [5.41, 5.74) is 15.8. The normalized spacial score (nSPS) is 11.9. The van der Waals surface area contributed by atoms with Crippen molar-refractivity contribution in [2.24, 2.45) is 0 Å². The van der Waals surface area contributed by atoms with Crippen LogP contribution in [0.5, 0.6) is 0 Å². The first-order chi connectivity index (χ1) is 37.6. The van der Waals surface area contributed by atoms with Crippen molar-refractivity contribution in [3.05, 3.63) is 249 Å². The Morgan fingerprint density at radius 1 is 0.303 bits per heavy atom. The summed E-state index contributed by atoms with van der Waals surface area (Å²) in [6, 6.07) is 88.8. The Morgan fingerprint density at radius 3 is 1.54 bits per heavy atom. The molecule has 0 N–H and O–H groups in total. The van der Waals surface area contributed by atoms with Gasteiger partial charge in [0.05, 0.1) is 22.1 Å². The molecule has 6 nitrogen and oxygen atoms in total. The minimum Gasteiger partial charge on any atom is -0.456 e. The Kier molecular flexibility index (Phi) is 9.40. The number of fused-ring (bicyclic) bond motifs is 12. The molecule has 16 rings (SSSR count). The fourth-order valence-corrected chi connectivity index (χ4v) is 12.8. The third kappa shape index (κ3) is 6.69. The first kappa shape index (κ1) is 42.5. The van der Waals surface area contributed by atoms with Crippen molar-refractivity contribution in [3.63, 3.8) is 0 Å². The minimum atomic E-state index is 0.552. The van der Waals surface area contributed by atoms with E-state index in [1.54, 1.807) is 11.3 Å². The van der Waals surface area contributed by atoms with E-state index >= 15 is 0 Å². The molecule has 0 atom stereocenters. The third-order valence-electron chi connectivity index (χ3n) is 15.2. The largest absolute Gasteiger partial charge is 0.456 e. The quantitative estimate of drug-likeness (QED) is 0.160. The fourth-order valence-electron chi connectivity index (χ4n) is 11.7. The van der Waals surface area contributed by atoms with Crippen LogP contribution < -0.4 is 0 Å². The van der Waals surface area contributed by atoms with Crippen molar-refractivity contribution in [2.75, 3.05) is 0 Å². The van der Waals surface area contributed by atoms with E-state index in [9.17, 15) is 0 Å². The van der Waals surface area contributed by atoms with Crippen LogP contribution in [0.2, 0.25) is 0 Å². The lowest BCUT2D eigenvalue weighted by Crippen LogP contribution is -2.06. The highest BCUT2D eigenvalue weighted by Gasteiger charge is 2.22. The number of para-hydroxylation sites is 4. The molecule has 16 aromatic rings. The zero-order valence-corrected chi connectivity index (χ0v) is 41.5. The molecule has 0 aliphatic rings. The number of thiophene rings is 1. The van der Waals surface area contributed by atoms with Gasteiger partial charge in [-0.2, -0.15) is 9.97 Å². The van der Waals surface area contributed by atoms with Crippen molar-refractivity contribution < 1.29 is 4.42 Å². The van der Waals surface area contributed by atoms with Crippen LogP contribution in [-0.2, 0) is 0 Å². The van der Waals surface area contributed by atoms with Crippen LogP contribution >= 0.6 is 11.3 Å². The molecule has 0 aliphatic carbocycles. The van der Waals surface area contributed by atoms with Crippen molar-refractivity contribution in [2.45, 2.75) is 0 Å². The van der Waals surface area contributed by atoms with Gasteiger partial charge in [0, 0.05) is 69.3 Å². The maximum Gasteiger partial charge on any atom is 0.238 e. The predicted molar refractivity (Wildman–Crippen MR) is 316 cm³/mol. The van der Waals surface area contributed by atoms with Gasteiger partial charge in [0.2, 0.25) is 5.95 Å². The Bertz CT molecular complexity index is 4970. The van der Waals surface area contributed by atoms with E-state index in [1.165, 1.54) is 53.1 Å². The monoisotopic (exact) mass is 987 g/mol. The van der Waals surface area contributed by atoms with E-state index in [1.807, 2.05) is 12.1 Å². The summed E-state index contributed by atoms with van der Waals surface area (Å²) >= 11 is 1.79. The van der Waals surface area contributed by atoms with Crippen LogP contribution in [-0.4, -0.2) is 24.1 Å². The first-order valence-corrected chi connectivity index (χ1v) is 26.4. The van der Waals surface area contributed by atoms with Crippen molar-refractivity contribution in [1.29, 1.82) is 0 Å². The van der Waals surface area contributed by atoms with Gasteiger partial charge in [-0.05, 0) is 118 Å². The van der Waals surface area contributed by atoms with Gasteiger partial charge < -0.3 is 8.98 Å². The van der Waals surface area contributed by atoms with Crippen molar-refractivity contribution in [3.8, 4) is 67.8 Å². The van der Waals surface area contributed by atoms with Gasteiger partial charge in [-0.15, -0.1) is 11.3 Å². The Morgan fingerprint density at radius 2 is 0.829 bits per heavy atom. The molecule has 7 heteroatoms. The smallest absolute Gasteiger partial charge is 0.238 e. The molecule has 76 heavy (non-hydrogen) atoms. The molecule has 354 valence electrons. The molecule has 0 unspecified atom stereocenters. The minimum absolute atomic E-state index is 0.552. The first-order valence-electron chi connectivity index (χ1n) is 25.6. The van der Waals surface area contributed by atoms with Crippen LogP contribution in [0.1, 0.15) is 0 Å². The average molecular weight is 988 g/mol. The molecule has 0 spiro atoms. The van der Waals surface area contributed by atoms with Gasteiger partial charge in [0.15, 0.2) is 11.6 Å². The van der Waals surface area contributed by atoms with Crippen LogP contribution in [0.3, 0.4) is 0 Å². The van der Waals surface area contributed by atoms with E-state index in [2.05, 4.69) is 246 Å². The molecule has 0 aliphatic heterocycles. The molecule has 0 saturated heterocycles. The maximum absolute atomic E-state index is 6.66. The van der Waals surface area contributed by atoms with Gasteiger partial charge in [-0.25, -0.2) is 4.98 Å². The summed E-state index contributed by atoms with van der Waals surface area (Å²) < 4.78 is 13.6. The highest BCUT2D eigenvalue weighted by molar-refractivity contribution is 7.25. The maximum atomic E-state index is 6.66. The topological polar surface area (TPSA) is 61.7 Å². The molecule has 11 aromatic carbocycles. The fraction of sp³-hybridized carbons (Fsp3) is 0. The molecule has 0 bridgehead atoms. The van der Waals surface area contributed by atoms with E-state index < -0.39 is 0 Å². The molecule has 0 radical (unpaired) electrons. The Labute approximate surface area is 439 Å². The standard InChI is InChI=1S/C69H41N5OS/c1-2-19-49(20-3-1)73-58-26-8-6-23-52(58)56-39-46(32-35-61(56)73)44-17-12-15-42(37-44)43-16-13-18-45(38-43)47-33-36-62-57(40-47)66-55(25-14-29-63(66)75-62)68-70-67(48-31-34-54-53-24-7-11-30-64(53)76-65(54)41-48)71-69(72-68)74-59-27-9-4-21-50(59)51-22-5-10-28-60(51)74/h1-41H. The second kappa shape index (κ2) is 16.8. The van der Waals surface area contributed by atoms with Gasteiger partial charge in [-0.3, -0.25) is 4.57 Å². The molecule has 0 amide bonds.